The predicted octanol–water partition coefficient (Wildman–Crippen LogP) is 3.89. The molecule has 4 rings (SSSR count). The van der Waals surface area contributed by atoms with Gasteiger partial charge in [0.1, 0.15) is 0 Å². The number of fused-ring (bicyclic) bond motifs is 4. The Hall–Kier alpha value is -2.48. The second-order valence-electron chi connectivity index (χ2n) is 4.37. The zero-order chi connectivity index (χ0) is 11.9. The number of para-hydroxylation sites is 2. The van der Waals surface area contributed by atoms with Crippen LogP contribution in [0.25, 0.3) is 33.2 Å². The summed E-state index contributed by atoms with van der Waals surface area (Å²) in [6, 6.07) is 20.4. The number of aromatic nitrogens is 2. The van der Waals surface area contributed by atoms with Crippen molar-refractivity contribution in [2.75, 3.05) is 0 Å². The Balaban J connectivity index is 2.23. The molecule has 0 radical (unpaired) electrons. The predicted molar refractivity (Wildman–Crippen MR) is 73.7 cm³/mol. The highest BCUT2D eigenvalue weighted by atomic mass is 14.8. The molecule has 2 aliphatic rings. The van der Waals surface area contributed by atoms with E-state index in [-0.39, 0.29) is 0 Å². The first-order valence-corrected chi connectivity index (χ1v) is 5.96. The average Bonchev–Trinajstić information content (AvgIpc) is 2.65. The molecule has 2 aromatic carbocycles. The Morgan fingerprint density at radius 3 is 2.33 bits per heavy atom. The van der Waals surface area contributed by atoms with Gasteiger partial charge in [-0.2, -0.15) is 0 Å². The fourth-order valence-corrected chi connectivity index (χ4v) is 2.35. The van der Waals surface area contributed by atoms with Crippen LogP contribution in [-0.4, -0.2) is 9.97 Å². The van der Waals surface area contributed by atoms with Crippen LogP contribution >= 0.6 is 0 Å². The zero-order valence-electron chi connectivity index (χ0n) is 9.67. The Kier molecular flexibility index (Phi) is 1.86. The number of hydrogen-bond acceptors (Lipinski definition) is 2. The molecule has 0 aliphatic carbocycles. The second kappa shape index (κ2) is 3.50. The zero-order valence-corrected chi connectivity index (χ0v) is 9.67. The number of rotatable bonds is 0. The summed E-state index contributed by atoms with van der Waals surface area (Å²) in [7, 11) is 0. The van der Waals surface area contributed by atoms with E-state index < -0.39 is 0 Å². The number of nitrogens with zero attached hydrogens (tertiary/aromatic N) is 2. The van der Waals surface area contributed by atoms with Gasteiger partial charge in [0.05, 0.1) is 22.4 Å². The Bertz CT molecular complexity index is 830. The van der Waals surface area contributed by atoms with Crippen LogP contribution in [-0.2, 0) is 0 Å². The molecular weight excluding hydrogens is 220 g/mol. The van der Waals surface area contributed by atoms with Gasteiger partial charge in [0.25, 0.3) is 0 Å². The molecule has 0 atom stereocenters. The Morgan fingerprint density at radius 1 is 0.611 bits per heavy atom. The monoisotopic (exact) mass is 230 g/mol. The molecule has 0 saturated heterocycles. The van der Waals surface area contributed by atoms with Gasteiger partial charge in [-0.25, -0.2) is 9.97 Å². The Morgan fingerprint density at radius 2 is 1.39 bits per heavy atom. The SMILES string of the molecule is c1ccc2nc3c4ccccc4nc-3ccc2c1. The number of benzene rings is 2. The van der Waals surface area contributed by atoms with Crippen molar-refractivity contribution in [2.45, 2.75) is 0 Å². The minimum atomic E-state index is 0.951. The van der Waals surface area contributed by atoms with E-state index >= 15 is 0 Å². The molecule has 0 saturated carbocycles. The lowest BCUT2D eigenvalue weighted by molar-refractivity contribution is 1.40. The molecule has 2 aliphatic heterocycles. The van der Waals surface area contributed by atoms with Gasteiger partial charge >= 0.3 is 0 Å². The summed E-state index contributed by atoms with van der Waals surface area (Å²) in [6.45, 7) is 0. The van der Waals surface area contributed by atoms with Crippen LogP contribution in [0.4, 0.5) is 0 Å². The van der Waals surface area contributed by atoms with Crippen molar-refractivity contribution in [1.29, 1.82) is 0 Å². The third kappa shape index (κ3) is 1.29. The van der Waals surface area contributed by atoms with Crippen LogP contribution in [0, 0.1) is 0 Å². The van der Waals surface area contributed by atoms with Crippen molar-refractivity contribution in [2.24, 2.45) is 0 Å². The third-order valence-electron chi connectivity index (χ3n) is 3.23. The molecule has 0 fully saturated rings. The maximum atomic E-state index is 4.77. The van der Waals surface area contributed by atoms with E-state index in [4.69, 9.17) is 4.98 Å². The van der Waals surface area contributed by atoms with Gasteiger partial charge in [-0.3, -0.25) is 0 Å². The fourth-order valence-electron chi connectivity index (χ4n) is 2.35. The van der Waals surface area contributed by atoms with E-state index in [9.17, 15) is 0 Å². The molecule has 0 N–H and O–H groups in total. The average molecular weight is 230 g/mol. The van der Waals surface area contributed by atoms with Crippen molar-refractivity contribution >= 4 is 21.8 Å². The first-order chi connectivity index (χ1) is 8.92. The Labute approximate surface area is 104 Å². The summed E-state index contributed by atoms with van der Waals surface area (Å²) < 4.78 is 0. The second-order valence-corrected chi connectivity index (χ2v) is 4.37. The van der Waals surface area contributed by atoms with E-state index in [2.05, 4.69) is 23.2 Å². The van der Waals surface area contributed by atoms with Gasteiger partial charge in [-0.15, -0.1) is 0 Å². The van der Waals surface area contributed by atoms with Crippen LogP contribution in [0.3, 0.4) is 0 Å². The molecule has 0 aromatic heterocycles. The van der Waals surface area contributed by atoms with Crippen molar-refractivity contribution in [3.8, 4) is 11.4 Å². The van der Waals surface area contributed by atoms with E-state index in [1.165, 1.54) is 0 Å². The van der Waals surface area contributed by atoms with Gasteiger partial charge in [0, 0.05) is 10.8 Å². The lowest BCUT2D eigenvalue weighted by Crippen LogP contribution is -1.76. The largest absolute Gasteiger partial charge is 0.246 e. The number of hydrogen-bond donors (Lipinski definition) is 0. The van der Waals surface area contributed by atoms with Crippen molar-refractivity contribution in [3.05, 3.63) is 60.7 Å². The normalized spacial score (nSPS) is 11.3. The van der Waals surface area contributed by atoms with Gasteiger partial charge in [-0.1, -0.05) is 42.5 Å². The molecule has 2 aromatic rings. The third-order valence-corrected chi connectivity index (χ3v) is 3.23. The highest BCUT2D eigenvalue weighted by Crippen LogP contribution is 2.29. The maximum Gasteiger partial charge on any atom is 0.0987 e. The molecule has 18 heavy (non-hydrogen) atoms. The van der Waals surface area contributed by atoms with E-state index in [1.54, 1.807) is 0 Å². The fraction of sp³-hybridized carbons (Fsp3) is 0. The molecule has 2 heteroatoms. The first-order valence-electron chi connectivity index (χ1n) is 5.96. The topological polar surface area (TPSA) is 25.8 Å². The van der Waals surface area contributed by atoms with E-state index in [0.29, 0.717) is 0 Å². The van der Waals surface area contributed by atoms with Crippen LogP contribution in [0.15, 0.2) is 60.7 Å². The minimum absolute atomic E-state index is 0.951. The van der Waals surface area contributed by atoms with E-state index in [0.717, 1.165) is 33.2 Å². The molecule has 2 nitrogen and oxygen atoms in total. The molecule has 0 spiro atoms. The quantitative estimate of drug-likeness (QED) is 0.458. The molecule has 2 heterocycles. The molecule has 0 unspecified atom stereocenters. The molecule has 0 bridgehead atoms. The van der Waals surface area contributed by atoms with E-state index in [1.807, 2.05) is 42.5 Å². The van der Waals surface area contributed by atoms with Crippen LogP contribution < -0.4 is 0 Å². The lowest BCUT2D eigenvalue weighted by atomic mass is 10.2. The summed E-state index contributed by atoms with van der Waals surface area (Å²) in [5, 5.41) is 2.26. The van der Waals surface area contributed by atoms with Crippen LogP contribution in [0.2, 0.25) is 0 Å². The summed E-state index contributed by atoms with van der Waals surface area (Å²) in [6.07, 6.45) is 0. The highest BCUT2D eigenvalue weighted by molar-refractivity contribution is 5.97. The van der Waals surface area contributed by atoms with Crippen LogP contribution in [0.1, 0.15) is 0 Å². The first kappa shape index (κ1) is 9.54. The molecule has 0 amide bonds. The van der Waals surface area contributed by atoms with Gasteiger partial charge in [-0.05, 0) is 18.2 Å². The highest BCUT2D eigenvalue weighted by Gasteiger charge is 2.11. The standard InChI is InChI=1S/C16H10N2/c1-3-7-13-11(5-1)9-10-15-16(18-13)12-6-2-4-8-14(12)17-15/h1-10H. The maximum absolute atomic E-state index is 4.77. The summed E-state index contributed by atoms with van der Waals surface area (Å²) in [5.41, 5.74) is 3.94. The van der Waals surface area contributed by atoms with Gasteiger partial charge < -0.3 is 0 Å². The van der Waals surface area contributed by atoms with Crippen molar-refractivity contribution < 1.29 is 0 Å². The van der Waals surface area contributed by atoms with Crippen LogP contribution in [0.5, 0.6) is 0 Å². The lowest BCUT2D eigenvalue weighted by Gasteiger charge is -1.92. The van der Waals surface area contributed by atoms with Gasteiger partial charge in [0.2, 0.25) is 0 Å². The van der Waals surface area contributed by atoms with Gasteiger partial charge in [0.15, 0.2) is 0 Å². The molecular formula is C16H10N2. The molecule has 84 valence electrons. The van der Waals surface area contributed by atoms with Crippen molar-refractivity contribution in [3.63, 3.8) is 0 Å². The minimum Gasteiger partial charge on any atom is -0.246 e. The smallest absolute Gasteiger partial charge is 0.0987 e. The summed E-state index contributed by atoms with van der Waals surface area (Å²) in [5.74, 6) is 0. The summed E-state index contributed by atoms with van der Waals surface area (Å²) in [4.78, 5) is 9.38. The summed E-state index contributed by atoms with van der Waals surface area (Å²) >= 11 is 0. The van der Waals surface area contributed by atoms with Crippen molar-refractivity contribution in [1.82, 2.24) is 9.97 Å².